The topological polar surface area (TPSA) is 70.4 Å². The molecule has 0 bridgehead atoms. The first kappa shape index (κ1) is 17.2. The largest absolute Gasteiger partial charge is 0.396 e. The van der Waals surface area contributed by atoms with Crippen molar-refractivity contribution in [3.05, 3.63) is 42.1 Å². The predicted octanol–water partition coefficient (Wildman–Crippen LogP) is 2.31. The van der Waals surface area contributed by atoms with E-state index in [2.05, 4.69) is 40.1 Å². The van der Waals surface area contributed by atoms with Crippen molar-refractivity contribution in [2.24, 2.45) is 0 Å². The minimum atomic E-state index is 0.580. The second-order valence-electron chi connectivity index (χ2n) is 6.08. The Labute approximate surface area is 149 Å². The number of para-hydroxylation sites is 1. The summed E-state index contributed by atoms with van der Waals surface area (Å²) in [5.41, 5.74) is 8.74. The highest BCUT2D eigenvalue weighted by molar-refractivity contribution is 5.68. The van der Waals surface area contributed by atoms with Crippen LogP contribution in [-0.4, -0.2) is 44.0 Å². The van der Waals surface area contributed by atoms with Gasteiger partial charge in [-0.1, -0.05) is 18.2 Å². The SMILES string of the molecule is CCOCCn1c(C#N)cc(N)c1N1CCN(c2ccccc2)CC1. The number of hydrogen-bond donors (Lipinski definition) is 1. The maximum Gasteiger partial charge on any atom is 0.133 e. The normalized spacial score (nSPS) is 14.6. The van der Waals surface area contributed by atoms with Crippen molar-refractivity contribution in [1.29, 1.82) is 5.26 Å². The Balaban J connectivity index is 1.74. The molecule has 1 saturated heterocycles. The van der Waals surface area contributed by atoms with Crippen molar-refractivity contribution in [3.8, 4) is 6.07 Å². The van der Waals surface area contributed by atoms with Gasteiger partial charge in [0.15, 0.2) is 0 Å². The number of rotatable bonds is 6. The molecule has 3 rings (SSSR count). The van der Waals surface area contributed by atoms with E-state index in [4.69, 9.17) is 10.5 Å². The molecule has 0 atom stereocenters. The third-order valence-corrected chi connectivity index (χ3v) is 4.58. The summed E-state index contributed by atoms with van der Waals surface area (Å²) in [6.07, 6.45) is 0. The van der Waals surface area contributed by atoms with Gasteiger partial charge in [-0.15, -0.1) is 0 Å². The van der Waals surface area contributed by atoms with E-state index in [1.807, 2.05) is 17.6 Å². The van der Waals surface area contributed by atoms with E-state index in [0.717, 1.165) is 32.0 Å². The van der Waals surface area contributed by atoms with Crippen molar-refractivity contribution in [2.45, 2.75) is 13.5 Å². The van der Waals surface area contributed by atoms with Crippen molar-refractivity contribution in [2.75, 3.05) is 54.9 Å². The van der Waals surface area contributed by atoms with Crippen molar-refractivity contribution >= 4 is 17.2 Å². The number of nitrogens with zero attached hydrogens (tertiary/aromatic N) is 4. The number of hydrogen-bond acceptors (Lipinski definition) is 5. The average molecular weight is 339 g/mol. The molecule has 0 radical (unpaired) electrons. The maximum atomic E-state index is 9.41. The fraction of sp³-hybridized carbons (Fsp3) is 0.421. The van der Waals surface area contributed by atoms with Crippen LogP contribution >= 0.6 is 0 Å². The molecule has 2 heterocycles. The zero-order chi connectivity index (χ0) is 17.6. The number of piperazine rings is 1. The molecule has 0 aliphatic carbocycles. The van der Waals surface area contributed by atoms with E-state index >= 15 is 0 Å². The Hall–Kier alpha value is -2.65. The Morgan fingerprint density at radius 3 is 2.44 bits per heavy atom. The van der Waals surface area contributed by atoms with Crippen LogP contribution in [0, 0.1) is 11.3 Å². The molecule has 1 aromatic carbocycles. The van der Waals surface area contributed by atoms with Crippen LogP contribution in [0.1, 0.15) is 12.6 Å². The Bertz CT molecular complexity index is 726. The van der Waals surface area contributed by atoms with Crippen molar-refractivity contribution in [1.82, 2.24) is 4.57 Å². The van der Waals surface area contributed by atoms with Gasteiger partial charge in [-0.2, -0.15) is 5.26 Å². The van der Waals surface area contributed by atoms with Crippen LogP contribution < -0.4 is 15.5 Å². The van der Waals surface area contributed by atoms with Gasteiger partial charge in [0.1, 0.15) is 17.6 Å². The zero-order valence-electron chi connectivity index (χ0n) is 14.7. The van der Waals surface area contributed by atoms with Crippen LogP contribution in [0.3, 0.4) is 0 Å². The Morgan fingerprint density at radius 1 is 1.12 bits per heavy atom. The second-order valence-corrected chi connectivity index (χ2v) is 6.08. The van der Waals surface area contributed by atoms with Crippen LogP contribution in [0.15, 0.2) is 36.4 Å². The lowest BCUT2D eigenvalue weighted by Gasteiger charge is -2.38. The summed E-state index contributed by atoms with van der Waals surface area (Å²) in [5, 5.41) is 9.41. The van der Waals surface area contributed by atoms with Gasteiger partial charge >= 0.3 is 0 Å². The first-order chi connectivity index (χ1) is 12.2. The van der Waals surface area contributed by atoms with Gasteiger partial charge in [-0.05, 0) is 25.1 Å². The third kappa shape index (κ3) is 3.72. The van der Waals surface area contributed by atoms with Crippen LogP contribution in [0.2, 0.25) is 0 Å². The lowest BCUT2D eigenvalue weighted by atomic mass is 10.2. The molecule has 0 spiro atoms. The molecular formula is C19H25N5O. The standard InChI is InChI=1S/C19H25N5O/c1-2-25-13-12-24-17(15-20)14-18(21)19(24)23-10-8-22(9-11-23)16-6-4-3-5-7-16/h3-7,14H,2,8-13,21H2,1H3. The summed E-state index contributed by atoms with van der Waals surface area (Å²) < 4.78 is 7.45. The summed E-state index contributed by atoms with van der Waals surface area (Å²) in [6.45, 7) is 7.48. The highest BCUT2D eigenvalue weighted by atomic mass is 16.5. The lowest BCUT2D eigenvalue weighted by Crippen LogP contribution is -2.47. The second kappa shape index (κ2) is 7.95. The number of nitriles is 1. The number of nitrogens with two attached hydrogens (primary N) is 1. The van der Waals surface area contributed by atoms with Crippen molar-refractivity contribution in [3.63, 3.8) is 0 Å². The van der Waals surface area contributed by atoms with E-state index < -0.39 is 0 Å². The summed E-state index contributed by atoms with van der Waals surface area (Å²) >= 11 is 0. The quantitative estimate of drug-likeness (QED) is 0.818. The average Bonchev–Trinajstić information content (AvgIpc) is 2.98. The van der Waals surface area contributed by atoms with Crippen LogP contribution in [-0.2, 0) is 11.3 Å². The molecule has 1 aliphatic rings. The molecule has 1 aliphatic heterocycles. The Morgan fingerprint density at radius 2 is 1.80 bits per heavy atom. The summed E-state index contributed by atoms with van der Waals surface area (Å²) in [7, 11) is 0. The summed E-state index contributed by atoms with van der Waals surface area (Å²) in [5.74, 6) is 0.948. The fourth-order valence-electron chi connectivity index (χ4n) is 3.35. The van der Waals surface area contributed by atoms with Crippen LogP contribution in [0.4, 0.5) is 17.2 Å². The van der Waals surface area contributed by atoms with Gasteiger partial charge in [0, 0.05) is 45.0 Å². The molecule has 6 heteroatoms. The molecule has 2 aromatic rings. The van der Waals surface area contributed by atoms with Crippen LogP contribution in [0.5, 0.6) is 0 Å². The third-order valence-electron chi connectivity index (χ3n) is 4.58. The minimum absolute atomic E-state index is 0.580. The molecule has 0 amide bonds. The number of benzene rings is 1. The number of anilines is 3. The lowest BCUT2D eigenvalue weighted by molar-refractivity contribution is 0.139. The van der Waals surface area contributed by atoms with Gasteiger partial charge in [-0.25, -0.2) is 0 Å². The van der Waals surface area contributed by atoms with E-state index in [9.17, 15) is 5.26 Å². The van der Waals surface area contributed by atoms with Gasteiger partial charge < -0.3 is 24.8 Å². The molecule has 1 aromatic heterocycles. The first-order valence-electron chi connectivity index (χ1n) is 8.76. The van der Waals surface area contributed by atoms with Crippen molar-refractivity contribution < 1.29 is 4.74 Å². The van der Waals surface area contributed by atoms with Crippen LogP contribution in [0.25, 0.3) is 0 Å². The first-order valence-corrected chi connectivity index (χ1v) is 8.76. The van der Waals surface area contributed by atoms with Gasteiger partial charge in [0.2, 0.25) is 0 Å². The molecule has 132 valence electrons. The highest BCUT2D eigenvalue weighted by Gasteiger charge is 2.23. The highest BCUT2D eigenvalue weighted by Crippen LogP contribution is 2.29. The van der Waals surface area contributed by atoms with Gasteiger partial charge in [-0.3, -0.25) is 0 Å². The molecule has 0 unspecified atom stereocenters. The molecular weight excluding hydrogens is 314 g/mol. The zero-order valence-corrected chi connectivity index (χ0v) is 14.7. The van der Waals surface area contributed by atoms with E-state index in [0.29, 0.717) is 31.1 Å². The maximum absolute atomic E-state index is 9.41. The van der Waals surface area contributed by atoms with E-state index in [-0.39, 0.29) is 0 Å². The number of ether oxygens (including phenoxy) is 1. The summed E-state index contributed by atoms with van der Waals surface area (Å²) in [4.78, 5) is 4.66. The van der Waals surface area contributed by atoms with E-state index in [1.54, 1.807) is 6.07 Å². The fourth-order valence-corrected chi connectivity index (χ4v) is 3.35. The number of nitrogen functional groups attached to an aromatic ring is 1. The van der Waals surface area contributed by atoms with E-state index in [1.165, 1.54) is 5.69 Å². The molecule has 6 nitrogen and oxygen atoms in total. The number of aromatic nitrogens is 1. The van der Waals surface area contributed by atoms with Gasteiger partial charge in [0.25, 0.3) is 0 Å². The molecule has 2 N–H and O–H groups in total. The Kier molecular flexibility index (Phi) is 5.46. The molecule has 1 fully saturated rings. The minimum Gasteiger partial charge on any atom is -0.396 e. The predicted molar refractivity (Wildman–Crippen MR) is 101 cm³/mol. The molecule has 25 heavy (non-hydrogen) atoms. The monoisotopic (exact) mass is 339 g/mol. The molecule has 0 saturated carbocycles. The summed E-state index contributed by atoms with van der Waals surface area (Å²) in [6, 6.07) is 14.5. The smallest absolute Gasteiger partial charge is 0.133 e. The van der Waals surface area contributed by atoms with Gasteiger partial charge in [0.05, 0.1) is 12.3 Å².